The lowest BCUT2D eigenvalue weighted by Crippen LogP contribution is -2.34. The number of amides is 2. The molecule has 0 spiro atoms. The minimum absolute atomic E-state index is 0.277. The summed E-state index contributed by atoms with van der Waals surface area (Å²) in [6, 6.07) is 11.6. The van der Waals surface area contributed by atoms with Crippen molar-refractivity contribution in [3.63, 3.8) is 0 Å². The van der Waals surface area contributed by atoms with Gasteiger partial charge in [0, 0.05) is 119 Å². The van der Waals surface area contributed by atoms with E-state index >= 15 is 0 Å². The van der Waals surface area contributed by atoms with Gasteiger partial charge in [-0.1, -0.05) is 117 Å². The summed E-state index contributed by atoms with van der Waals surface area (Å²) in [6.45, 7) is 46.7. The maximum atomic E-state index is 11.9. The fourth-order valence-corrected chi connectivity index (χ4v) is 17.0. The quantitative estimate of drug-likeness (QED) is 0.00866. The maximum Gasteiger partial charge on any atom is 0.320 e. The van der Waals surface area contributed by atoms with Crippen LogP contribution in [-0.4, -0.2) is 164 Å². The van der Waals surface area contributed by atoms with Gasteiger partial charge in [0.25, 0.3) is 0 Å². The van der Waals surface area contributed by atoms with E-state index in [-0.39, 0.29) is 11.9 Å². The van der Waals surface area contributed by atoms with E-state index in [2.05, 4.69) is 127 Å². The second-order valence-corrected chi connectivity index (χ2v) is 55.0. The molecule has 0 aliphatic heterocycles. The van der Waals surface area contributed by atoms with Crippen LogP contribution < -0.4 is 26.2 Å². The third kappa shape index (κ3) is 22.4. The first-order valence-electron chi connectivity index (χ1n) is 36.4. The molecular weight excluding hydrogens is 1330 g/mol. The van der Waals surface area contributed by atoms with Crippen LogP contribution in [0.2, 0.25) is 103 Å². The monoisotopic (exact) mass is 1440 g/mol. The highest BCUT2D eigenvalue weighted by Gasteiger charge is 2.41. The summed E-state index contributed by atoms with van der Waals surface area (Å²) in [5.74, 6) is 7.39. The molecule has 6 aromatic rings. The van der Waals surface area contributed by atoms with Crippen molar-refractivity contribution >= 4 is 90.5 Å². The fourth-order valence-electron chi connectivity index (χ4n) is 14.0. The molecule has 4 aliphatic rings. The number of isocyanates is 1. The number of anilines is 4. The lowest BCUT2D eigenvalue weighted by molar-refractivity contribution is 0.0939. The lowest BCUT2D eigenvalue weighted by atomic mass is 9.78. The highest BCUT2D eigenvalue weighted by molar-refractivity contribution is 6.77. The first-order valence-corrected chi connectivity index (χ1v) is 51.2. The average molecular weight is 1440 g/mol. The number of nitrogens with two attached hydrogens (primary N) is 1. The van der Waals surface area contributed by atoms with Gasteiger partial charge in [0.05, 0.1) is 48.1 Å². The van der Waals surface area contributed by atoms with Gasteiger partial charge >= 0.3 is 6.03 Å². The molecule has 4 saturated carbocycles. The molecule has 10 rings (SSSR count). The third-order valence-electron chi connectivity index (χ3n) is 19.3. The standard InChI is InChI=1S/C37H59N7O4Si2.C35H56N6O3Si2.C2H3NO/c1-10-48-26(2)33-34(30-20-27-11-12-28(19-27)21-30)42-35-31(29-13-14-32(39-22-29)41-37(45)38-3)23-40-44(35)36(33)43(24-46-15-17-49(4,5)6)25-47-16-18-50(7,8)9;1-9-44-25(2)32-33(29-19-26-10-11-27(18-26)20-29)39-34-30(28-12-13-31(36)37-21-28)22-38-41(34)35(32)40(23-42-14-16-45(3,4)5)24-43-15-17-46(6,7)8;1-3-2-4/h13-14,22-23,27-28,30H,2,10-12,15-21,24-25H2,1,3-9H3,(H2,38,39,41,45);12-13,21-22,26-27,29H,2,9-11,14-20,23-24H2,1,3-8H3,(H2,36,37);1H3/t27-,28+,30?;26-,27+,29?;. The Balaban J connectivity index is 0.000000242. The van der Waals surface area contributed by atoms with Crippen LogP contribution in [0.1, 0.15) is 112 Å². The van der Waals surface area contributed by atoms with Crippen LogP contribution in [0.25, 0.3) is 45.1 Å². The van der Waals surface area contributed by atoms with E-state index in [0.29, 0.717) is 107 Å². The first-order chi connectivity index (χ1) is 47.5. The van der Waals surface area contributed by atoms with E-state index in [0.717, 1.165) is 129 Å². The lowest BCUT2D eigenvalue weighted by Gasteiger charge is -2.33. The molecule has 6 atom stereocenters. The predicted molar refractivity (Wildman–Crippen MR) is 417 cm³/mol. The van der Waals surface area contributed by atoms with Crippen LogP contribution >= 0.6 is 0 Å². The number of aromatic nitrogens is 8. The highest BCUT2D eigenvalue weighted by atomic mass is 28.3. The Hall–Kier alpha value is -6.62. The molecule has 4 fully saturated rings. The summed E-state index contributed by atoms with van der Waals surface area (Å²) in [5, 5.41) is 15.2. The van der Waals surface area contributed by atoms with Gasteiger partial charge in [-0.05, 0) is 124 Å². The van der Waals surface area contributed by atoms with Crippen molar-refractivity contribution in [2.24, 2.45) is 28.7 Å². The Kier molecular flexibility index (Phi) is 28.5. The molecule has 548 valence electrons. The number of nitrogens with zero attached hydrogens (tertiary/aromatic N) is 11. The molecule has 0 saturated heterocycles. The number of rotatable bonds is 33. The Morgan fingerprint density at radius 1 is 0.580 bits per heavy atom. The first kappa shape index (κ1) is 79.1. The SMILES string of the molecule is C=C(OCC)c1c(C2C[C@H]3CC[C@@H](C2)C3)nc2c(-c3ccc(N)nc3)cnn2c1N(COCC[Si](C)(C)C)COCC[Si](C)(C)C.C=C(OCC)c1c(C2C[C@H]3CC[C@@H](C2)C3)nc2c(-c3ccc(NC(=O)NC)nc3)cnn2c1N(COCC[Si](C)(C)C)COCC[Si](C)(C)C.CN=C=O. The Labute approximate surface area is 599 Å². The van der Waals surface area contributed by atoms with Gasteiger partial charge in [-0.25, -0.2) is 34.5 Å². The predicted octanol–water partition coefficient (Wildman–Crippen LogP) is 16.3. The van der Waals surface area contributed by atoms with Crippen LogP contribution in [0.4, 0.5) is 28.1 Å². The Morgan fingerprint density at radius 2 is 0.940 bits per heavy atom. The number of ether oxygens (including phenoxy) is 6. The van der Waals surface area contributed by atoms with Gasteiger partial charge < -0.3 is 49.3 Å². The van der Waals surface area contributed by atoms with Gasteiger partial charge in [-0.2, -0.15) is 19.2 Å². The normalized spacial score (nSPS) is 18.9. The number of hydrogen-bond donors (Lipinski definition) is 3. The number of fused-ring (bicyclic) bond motifs is 6. The highest BCUT2D eigenvalue weighted by Crippen LogP contribution is 2.52. The van der Waals surface area contributed by atoms with Gasteiger partial charge in [0.1, 0.15) is 61.7 Å². The molecule has 4 bridgehead atoms. The van der Waals surface area contributed by atoms with E-state index in [4.69, 9.17) is 59.1 Å². The zero-order chi connectivity index (χ0) is 72.5. The third-order valence-corrected chi connectivity index (χ3v) is 26.2. The smallest absolute Gasteiger partial charge is 0.320 e. The molecule has 26 heteroatoms. The van der Waals surface area contributed by atoms with Crippen LogP contribution in [0, 0.1) is 23.7 Å². The number of carbonyl (C=O) groups is 1. The molecule has 22 nitrogen and oxygen atoms in total. The molecule has 2 amide bonds. The molecule has 4 aliphatic carbocycles. The maximum absolute atomic E-state index is 11.9. The van der Waals surface area contributed by atoms with Crippen molar-refractivity contribution < 1.29 is 38.0 Å². The Bertz CT molecular complexity index is 3640. The summed E-state index contributed by atoms with van der Waals surface area (Å²) >= 11 is 0. The number of nitrogen functional groups attached to an aromatic ring is 1. The van der Waals surface area contributed by atoms with Crippen molar-refractivity contribution in [3.05, 3.63) is 84.7 Å². The van der Waals surface area contributed by atoms with Crippen LogP contribution in [-0.2, 0) is 33.2 Å². The molecule has 6 aromatic heterocycles. The van der Waals surface area contributed by atoms with Gasteiger partial charge in [-0.15, -0.1) is 0 Å². The van der Waals surface area contributed by atoms with Crippen LogP contribution in [0.3, 0.4) is 0 Å². The number of carbonyl (C=O) groups excluding carboxylic acids is 2. The second kappa shape index (κ2) is 36.0. The largest absolute Gasteiger partial charge is 0.494 e. The number of hydrogen-bond acceptors (Lipinski definition) is 18. The molecule has 6 heterocycles. The molecule has 0 aromatic carbocycles. The van der Waals surface area contributed by atoms with E-state index in [1.807, 2.05) is 53.5 Å². The number of aliphatic imine (C=N–C) groups is 1. The fraction of sp³-hybridized carbons (Fsp3) is 0.622. The van der Waals surface area contributed by atoms with Crippen molar-refractivity contribution in [3.8, 4) is 22.3 Å². The summed E-state index contributed by atoms with van der Waals surface area (Å²) in [7, 11) is -2.17. The van der Waals surface area contributed by atoms with Crippen molar-refractivity contribution in [2.45, 2.75) is 193 Å². The van der Waals surface area contributed by atoms with Crippen molar-refractivity contribution in [2.75, 3.05) is 102 Å². The van der Waals surface area contributed by atoms with Gasteiger partial charge in [-0.3, -0.25) is 5.32 Å². The molecule has 100 heavy (non-hydrogen) atoms. The second-order valence-electron chi connectivity index (χ2n) is 32.5. The minimum Gasteiger partial charge on any atom is -0.494 e. The number of nitrogens with one attached hydrogen (secondary N) is 2. The number of urea groups is 1. The molecule has 4 N–H and O–H groups in total. The molecule has 2 unspecified atom stereocenters. The van der Waals surface area contributed by atoms with E-state index < -0.39 is 32.3 Å². The summed E-state index contributed by atoms with van der Waals surface area (Å²) in [6.07, 6.45) is 21.0. The van der Waals surface area contributed by atoms with Crippen molar-refractivity contribution in [1.82, 2.24) is 44.5 Å². The van der Waals surface area contributed by atoms with E-state index in [9.17, 15) is 4.79 Å². The summed E-state index contributed by atoms with van der Waals surface area (Å²) in [4.78, 5) is 47.9. The van der Waals surface area contributed by atoms with Crippen LogP contribution in [0.5, 0.6) is 0 Å². The van der Waals surface area contributed by atoms with Gasteiger partial charge in [0.15, 0.2) is 11.3 Å². The molecule has 0 radical (unpaired) electrons. The Morgan fingerprint density at radius 3 is 1.24 bits per heavy atom. The van der Waals surface area contributed by atoms with E-state index in [1.165, 1.54) is 51.7 Å². The van der Waals surface area contributed by atoms with Crippen molar-refractivity contribution in [1.29, 1.82) is 0 Å². The minimum atomic E-state index is -1.30. The van der Waals surface area contributed by atoms with Crippen LogP contribution in [0.15, 0.2) is 67.2 Å². The van der Waals surface area contributed by atoms with Gasteiger partial charge in [0.2, 0.25) is 6.08 Å². The number of pyridine rings is 2. The topological polar surface area (TPSA) is 245 Å². The summed E-state index contributed by atoms with van der Waals surface area (Å²) in [5.41, 5.74) is 14.9. The summed E-state index contributed by atoms with van der Waals surface area (Å²) < 4.78 is 42.1. The zero-order valence-corrected chi connectivity index (χ0v) is 67.2. The zero-order valence-electron chi connectivity index (χ0n) is 63.2. The van der Waals surface area contributed by atoms with E-state index in [1.54, 1.807) is 25.5 Å². The molecular formula is C74H118N14O8Si4. The average Bonchev–Trinajstić information content (AvgIpc) is 1.51.